The van der Waals surface area contributed by atoms with Crippen LogP contribution in [0.15, 0.2) is 12.1 Å². The second-order valence-electron chi connectivity index (χ2n) is 3.40. The van der Waals surface area contributed by atoms with Gasteiger partial charge in [0.1, 0.15) is 11.9 Å². The van der Waals surface area contributed by atoms with Crippen LogP contribution in [-0.2, 0) is 6.42 Å². The summed E-state index contributed by atoms with van der Waals surface area (Å²) in [6, 6.07) is 3.96. The second kappa shape index (κ2) is 4.07. The largest absolute Gasteiger partial charge is 1.00 e. The van der Waals surface area contributed by atoms with E-state index < -0.39 is 0 Å². The number of benzene rings is 1. The van der Waals surface area contributed by atoms with E-state index in [0.717, 1.165) is 23.6 Å². The van der Waals surface area contributed by atoms with Gasteiger partial charge >= 0.3 is 0 Å². The molecule has 1 heterocycles. The van der Waals surface area contributed by atoms with Crippen LogP contribution in [0.5, 0.6) is 11.5 Å². The maximum absolute atomic E-state index is 5.59. The zero-order chi connectivity index (χ0) is 9.42. The Kier molecular flexibility index (Phi) is 3.24. The van der Waals surface area contributed by atoms with Crippen LogP contribution in [0.25, 0.3) is 0 Å². The first kappa shape index (κ1) is 11.1. The molecule has 1 aromatic rings. The lowest BCUT2D eigenvalue weighted by Crippen LogP contribution is -3.00. The molecule has 14 heavy (non-hydrogen) atoms. The van der Waals surface area contributed by atoms with Crippen molar-refractivity contribution in [3.63, 3.8) is 0 Å². The van der Waals surface area contributed by atoms with E-state index in [4.69, 9.17) is 9.47 Å². The first-order valence-corrected chi connectivity index (χ1v) is 4.40. The van der Waals surface area contributed by atoms with E-state index in [1.165, 1.54) is 5.56 Å². The molecule has 1 aliphatic rings. The van der Waals surface area contributed by atoms with Crippen molar-refractivity contribution in [2.75, 3.05) is 7.11 Å². The molecule has 0 saturated carbocycles. The van der Waals surface area contributed by atoms with Crippen LogP contribution in [0, 0.1) is 0 Å². The Morgan fingerprint density at radius 1 is 1.50 bits per heavy atom. The molecule has 1 aromatic carbocycles. The monoisotopic (exact) mass is 215 g/mol. The van der Waals surface area contributed by atoms with Gasteiger partial charge in [-0.2, -0.15) is 0 Å². The van der Waals surface area contributed by atoms with Crippen LogP contribution < -0.4 is 27.6 Å². The molecule has 1 aliphatic heterocycles. The summed E-state index contributed by atoms with van der Waals surface area (Å²) in [4.78, 5) is 0. The van der Waals surface area contributed by atoms with Crippen molar-refractivity contribution in [2.45, 2.75) is 19.4 Å². The number of methoxy groups -OCH3 is 1. The third-order valence-electron chi connectivity index (χ3n) is 2.30. The van der Waals surface area contributed by atoms with Crippen LogP contribution in [0.2, 0.25) is 0 Å². The highest BCUT2D eigenvalue weighted by Gasteiger charge is 2.21. The average molecular weight is 216 g/mol. The Morgan fingerprint density at radius 3 is 2.86 bits per heavy atom. The van der Waals surface area contributed by atoms with Crippen LogP contribution in [0.3, 0.4) is 0 Å². The van der Waals surface area contributed by atoms with Gasteiger partial charge in [0.25, 0.3) is 0 Å². The normalized spacial score (nSPS) is 18.1. The lowest BCUT2D eigenvalue weighted by Gasteiger charge is -2.04. The average Bonchev–Trinajstić information content (AvgIpc) is 2.42. The first-order valence-electron chi connectivity index (χ1n) is 4.40. The number of ether oxygens (including phenoxy) is 2. The van der Waals surface area contributed by atoms with Gasteiger partial charge in [-0.25, -0.2) is 0 Å². The van der Waals surface area contributed by atoms with E-state index in [0.29, 0.717) is 0 Å². The Labute approximate surface area is 89.6 Å². The fourth-order valence-corrected chi connectivity index (χ4v) is 1.67. The van der Waals surface area contributed by atoms with Gasteiger partial charge in [-0.05, 0) is 13.0 Å². The van der Waals surface area contributed by atoms with E-state index in [9.17, 15) is 0 Å². The highest BCUT2D eigenvalue weighted by atomic mass is 35.5. The Bertz CT molecular complexity index is 341. The molecule has 0 spiro atoms. The zero-order valence-corrected chi connectivity index (χ0v) is 9.10. The molecule has 0 aliphatic carbocycles. The van der Waals surface area contributed by atoms with E-state index in [1.807, 2.05) is 12.1 Å². The molecule has 3 N–H and O–H groups in total. The maximum Gasteiger partial charge on any atom is 0.180 e. The molecule has 0 radical (unpaired) electrons. The maximum atomic E-state index is 5.59. The van der Waals surface area contributed by atoms with E-state index in [1.54, 1.807) is 7.11 Å². The Morgan fingerprint density at radius 2 is 2.21 bits per heavy atom. The summed E-state index contributed by atoms with van der Waals surface area (Å²) in [6.45, 7) is 2.06. The van der Waals surface area contributed by atoms with Gasteiger partial charge in [-0.3, -0.25) is 0 Å². The number of hydrogen-bond donors (Lipinski definition) is 1. The Hall–Kier alpha value is -0.930. The minimum absolute atomic E-state index is 0. The van der Waals surface area contributed by atoms with Crippen molar-refractivity contribution in [1.82, 2.24) is 0 Å². The zero-order valence-electron chi connectivity index (χ0n) is 8.34. The predicted octanol–water partition coefficient (Wildman–Crippen LogP) is -2.10. The van der Waals surface area contributed by atoms with Crippen LogP contribution >= 0.6 is 0 Å². The van der Waals surface area contributed by atoms with Gasteiger partial charge in [0, 0.05) is 18.1 Å². The molecule has 3 nitrogen and oxygen atoms in total. The molecule has 4 heteroatoms. The van der Waals surface area contributed by atoms with Crippen LogP contribution in [-0.4, -0.2) is 13.2 Å². The Balaban J connectivity index is 0.000000980. The van der Waals surface area contributed by atoms with Crippen molar-refractivity contribution in [2.24, 2.45) is 0 Å². The molecule has 2 rings (SSSR count). The molecule has 0 fully saturated rings. The summed E-state index contributed by atoms with van der Waals surface area (Å²) in [5.41, 5.74) is 5.99. The van der Waals surface area contributed by atoms with E-state index in [2.05, 4.69) is 12.7 Å². The minimum Gasteiger partial charge on any atom is -1.00 e. The quantitative estimate of drug-likeness (QED) is 0.583. The van der Waals surface area contributed by atoms with Crippen molar-refractivity contribution >= 4 is 5.69 Å². The smallest absolute Gasteiger partial charge is 0.180 e. The number of quaternary nitrogens is 1. The number of fused-ring (bicyclic) bond motifs is 1. The molecular formula is C10H14ClNO2. The fraction of sp³-hybridized carbons (Fsp3) is 0.400. The van der Waals surface area contributed by atoms with Gasteiger partial charge < -0.3 is 27.6 Å². The SMILES string of the molecule is COc1cc2c(cc1[NH3+])OC(C)C2.[Cl-]. The third-order valence-corrected chi connectivity index (χ3v) is 2.30. The van der Waals surface area contributed by atoms with Gasteiger partial charge in [-0.1, -0.05) is 0 Å². The molecular weight excluding hydrogens is 202 g/mol. The molecule has 1 unspecified atom stereocenters. The first-order chi connectivity index (χ1) is 6.20. The van der Waals surface area contributed by atoms with Gasteiger partial charge in [0.05, 0.1) is 7.11 Å². The summed E-state index contributed by atoms with van der Waals surface area (Å²) in [5.74, 6) is 1.80. The molecule has 78 valence electrons. The topological polar surface area (TPSA) is 46.1 Å². The summed E-state index contributed by atoms with van der Waals surface area (Å²) < 4.78 is 10.8. The molecule has 0 aromatic heterocycles. The lowest BCUT2D eigenvalue weighted by atomic mass is 10.1. The molecule has 0 bridgehead atoms. The van der Waals surface area contributed by atoms with Crippen molar-refractivity contribution in [1.29, 1.82) is 0 Å². The number of rotatable bonds is 1. The molecule has 1 atom stereocenters. The summed E-state index contributed by atoms with van der Waals surface area (Å²) in [5, 5.41) is 0. The molecule has 0 amide bonds. The summed E-state index contributed by atoms with van der Waals surface area (Å²) in [6.07, 6.45) is 1.24. The fourth-order valence-electron chi connectivity index (χ4n) is 1.67. The summed E-state index contributed by atoms with van der Waals surface area (Å²) in [7, 11) is 1.66. The highest BCUT2D eigenvalue weighted by molar-refractivity contribution is 5.55. The number of halogens is 1. The van der Waals surface area contributed by atoms with Crippen molar-refractivity contribution in [3.8, 4) is 11.5 Å². The third kappa shape index (κ3) is 1.79. The van der Waals surface area contributed by atoms with E-state index >= 15 is 0 Å². The van der Waals surface area contributed by atoms with Gasteiger partial charge in [0.2, 0.25) is 0 Å². The van der Waals surface area contributed by atoms with Crippen LogP contribution in [0.4, 0.5) is 5.69 Å². The van der Waals surface area contributed by atoms with Gasteiger partial charge in [-0.15, -0.1) is 0 Å². The minimum atomic E-state index is 0. The van der Waals surface area contributed by atoms with Crippen LogP contribution in [0.1, 0.15) is 12.5 Å². The number of hydrogen-bond acceptors (Lipinski definition) is 2. The van der Waals surface area contributed by atoms with E-state index in [-0.39, 0.29) is 18.5 Å². The molecule has 0 saturated heterocycles. The lowest BCUT2D eigenvalue weighted by molar-refractivity contribution is -0.256. The predicted molar refractivity (Wildman–Crippen MR) is 49.3 cm³/mol. The standard InChI is InChI=1S/C10H13NO2.ClH/c1-6-3-7-4-10(12-2)8(11)5-9(7)13-6;/h4-6H,3,11H2,1-2H3;1H. The van der Waals surface area contributed by atoms with Crippen molar-refractivity contribution in [3.05, 3.63) is 17.7 Å². The summed E-state index contributed by atoms with van der Waals surface area (Å²) >= 11 is 0. The second-order valence-corrected chi connectivity index (χ2v) is 3.40. The van der Waals surface area contributed by atoms with Crippen molar-refractivity contribution < 1.29 is 27.6 Å². The van der Waals surface area contributed by atoms with Gasteiger partial charge in [0.15, 0.2) is 11.4 Å². The highest BCUT2D eigenvalue weighted by Crippen LogP contribution is 2.35.